The van der Waals surface area contributed by atoms with E-state index in [1.165, 1.54) is 12.1 Å². The largest absolute Gasteiger partial charge is 0.507 e. The van der Waals surface area contributed by atoms with Crippen molar-refractivity contribution < 1.29 is 19.7 Å². The minimum Gasteiger partial charge on any atom is -0.507 e. The third-order valence-corrected chi connectivity index (χ3v) is 2.55. The van der Waals surface area contributed by atoms with E-state index in [0.29, 0.717) is 5.33 Å². The molecule has 0 amide bonds. The smallest absolute Gasteiger partial charge is 0.132 e. The zero-order chi connectivity index (χ0) is 11.4. The van der Waals surface area contributed by atoms with E-state index in [1.54, 1.807) is 0 Å². The van der Waals surface area contributed by atoms with Gasteiger partial charge in [0, 0.05) is 5.33 Å². The van der Waals surface area contributed by atoms with Crippen LogP contribution in [-0.4, -0.2) is 26.8 Å². The zero-order valence-electron chi connectivity index (χ0n) is 7.90. The molecule has 0 aliphatic heterocycles. The molecular formula is C10H12BrFO3. The molecule has 0 fully saturated rings. The molecule has 0 saturated carbocycles. The number of rotatable bonds is 4. The average Bonchev–Trinajstić information content (AvgIpc) is 2.17. The summed E-state index contributed by atoms with van der Waals surface area (Å²) in [4.78, 5) is 0. The van der Waals surface area contributed by atoms with Crippen LogP contribution in [0, 0.1) is 5.82 Å². The molecule has 0 aliphatic carbocycles. The minimum absolute atomic E-state index is 0.258. The fourth-order valence-electron chi connectivity index (χ4n) is 1.28. The van der Waals surface area contributed by atoms with Gasteiger partial charge in [-0.1, -0.05) is 22.0 Å². The van der Waals surface area contributed by atoms with E-state index in [9.17, 15) is 19.7 Å². The van der Waals surface area contributed by atoms with Gasteiger partial charge in [-0.2, -0.15) is 0 Å². The molecule has 1 rings (SSSR count). The van der Waals surface area contributed by atoms with Gasteiger partial charge in [-0.25, -0.2) is 4.39 Å². The summed E-state index contributed by atoms with van der Waals surface area (Å²) < 4.78 is 13.3. The Morgan fingerprint density at radius 1 is 1.33 bits per heavy atom. The number of alkyl halides is 1. The van der Waals surface area contributed by atoms with Crippen LogP contribution < -0.4 is 0 Å². The van der Waals surface area contributed by atoms with Crippen LogP contribution in [0.25, 0.3) is 0 Å². The van der Waals surface area contributed by atoms with Crippen LogP contribution in [0.5, 0.6) is 5.75 Å². The number of aliphatic hydroxyl groups is 2. The van der Waals surface area contributed by atoms with Crippen LogP contribution in [0.2, 0.25) is 0 Å². The Bertz CT molecular complexity index is 312. The number of halogens is 2. The summed E-state index contributed by atoms with van der Waals surface area (Å²) in [5, 5.41) is 28.9. The van der Waals surface area contributed by atoms with Crippen molar-refractivity contribution in [1.29, 1.82) is 0 Å². The van der Waals surface area contributed by atoms with Gasteiger partial charge in [0.2, 0.25) is 0 Å². The third-order valence-electron chi connectivity index (χ3n) is 2.10. The first kappa shape index (κ1) is 12.4. The van der Waals surface area contributed by atoms with E-state index in [1.807, 2.05) is 0 Å². The standard InChI is InChI=1S/C10H12BrFO3/c11-5-4-8(14)10(15)9-6(12)2-1-3-7(9)13/h1-3,8,10,13-15H,4-5H2. The molecule has 0 bridgehead atoms. The lowest BCUT2D eigenvalue weighted by Crippen LogP contribution is -2.19. The molecule has 2 atom stereocenters. The van der Waals surface area contributed by atoms with E-state index < -0.39 is 18.0 Å². The van der Waals surface area contributed by atoms with Crippen molar-refractivity contribution in [1.82, 2.24) is 0 Å². The Morgan fingerprint density at radius 2 is 2.00 bits per heavy atom. The molecule has 1 aromatic carbocycles. The predicted octanol–water partition coefficient (Wildman–Crippen LogP) is 1.71. The number of aliphatic hydroxyl groups excluding tert-OH is 2. The highest BCUT2D eigenvalue weighted by Crippen LogP contribution is 2.29. The number of aromatic hydroxyl groups is 1. The first-order chi connectivity index (χ1) is 7.07. The second kappa shape index (κ2) is 5.44. The van der Waals surface area contributed by atoms with E-state index in [4.69, 9.17) is 0 Å². The van der Waals surface area contributed by atoms with Crippen molar-refractivity contribution in [3.63, 3.8) is 0 Å². The molecule has 2 unspecified atom stereocenters. The SMILES string of the molecule is Oc1cccc(F)c1C(O)C(O)CCBr. The number of phenolic OH excluding ortho intramolecular Hbond substituents is 1. The predicted molar refractivity (Wildman–Crippen MR) is 57.4 cm³/mol. The molecule has 0 heterocycles. The molecule has 84 valence electrons. The van der Waals surface area contributed by atoms with Crippen LogP contribution in [0.1, 0.15) is 18.1 Å². The van der Waals surface area contributed by atoms with Crippen molar-refractivity contribution in [2.24, 2.45) is 0 Å². The normalized spacial score (nSPS) is 14.9. The van der Waals surface area contributed by atoms with Gasteiger partial charge in [0.1, 0.15) is 17.7 Å². The van der Waals surface area contributed by atoms with Crippen LogP contribution >= 0.6 is 15.9 Å². The van der Waals surface area contributed by atoms with E-state index in [2.05, 4.69) is 15.9 Å². The van der Waals surface area contributed by atoms with Crippen LogP contribution in [-0.2, 0) is 0 Å². The second-order valence-electron chi connectivity index (χ2n) is 3.16. The maximum absolute atomic E-state index is 13.3. The maximum atomic E-state index is 13.3. The Balaban J connectivity index is 2.94. The number of benzene rings is 1. The highest BCUT2D eigenvalue weighted by atomic mass is 79.9. The fourth-order valence-corrected chi connectivity index (χ4v) is 1.75. The minimum atomic E-state index is -1.41. The van der Waals surface area contributed by atoms with Crippen molar-refractivity contribution in [2.45, 2.75) is 18.6 Å². The summed E-state index contributed by atoms with van der Waals surface area (Å²) in [6.45, 7) is 0. The number of phenols is 1. The first-order valence-corrected chi connectivity index (χ1v) is 5.59. The lowest BCUT2D eigenvalue weighted by Gasteiger charge is -2.18. The molecule has 3 nitrogen and oxygen atoms in total. The van der Waals surface area contributed by atoms with Gasteiger partial charge in [0.15, 0.2) is 0 Å². The molecule has 0 aromatic heterocycles. The van der Waals surface area contributed by atoms with Gasteiger partial charge >= 0.3 is 0 Å². The summed E-state index contributed by atoms with van der Waals surface area (Å²) in [6, 6.07) is 3.72. The lowest BCUT2D eigenvalue weighted by atomic mass is 10.0. The molecule has 15 heavy (non-hydrogen) atoms. The molecule has 1 aromatic rings. The quantitative estimate of drug-likeness (QED) is 0.735. The Hall–Kier alpha value is -0.650. The molecule has 0 spiro atoms. The van der Waals surface area contributed by atoms with Crippen molar-refractivity contribution in [3.05, 3.63) is 29.6 Å². The first-order valence-electron chi connectivity index (χ1n) is 4.47. The lowest BCUT2D eigenvalue weighted by molar-refractivity contribution is 0.0139. The van der Waals surface area contributed by atoms with Crippen molar-refractivity contribution >= 4 is 15.9 Å². The van der Waals surface area contributed by atoms with Gasteiger partial charge in [-0.05, 0) is 18.6 Å². The Labute approximate surface area is 95.3 Å². The third kappa shape index (κ3) is 2.90. The van der Waals surface area contributed by atoms with Gasteiger partial charge in [0.05, 0.1) is 11.7 Å². The van der Waals surface area contributed by atoms with Crippen molar-refractivity contribution in [2.75, 3.05) is 5.33 Å². The number of hydrogen-bond acceptors (Lipinski definition) is 3. The highest BCUT2D eigenvalue weighted by molar-refractivity contribution is 9.09. The summed E-state index contributed by atoms with van der Waals surface area (Å²) in [5.74, 6) is -1.08. The summed E-state index contributed by atoms with van der Waals surface area (Å²) in [6.07, 6.45) is -2.24. The maximum Gasteiger partial charge on any atom is 0.132 e. The monoisotopic (exact) mass is 278 g/mol. The summed E-state index contributed by atoms with van der Waals surface area (Å²) in [7, 11) is 0. The highest BCUT2D eigenvalue weighted by Gasteiger charge is 2.23. The average molecular weight is 279 g/mol. The van der Waals surface area contributed by atoms with Crippen LogP contribution in [0.4, 0.5) is 4.39 Å². The second-order valence-corrected chi connectivity index (χ2v) is 3.96. The Morgan fingerprint density at radius 3 is 2.53 bits per heavy atom. The van der Waals surface area contributed by atoms with E-state index >= 15 is 0 Å². The molecule has 0 saturated heterocycles. The van der Waals surface area contributed by atoms with Crippen LogP contribution in [0.3, 0.4) is 0 Å². The van der Waals surface area contributed by atoms with E-state index in [-0.39, 0.29) is 17.7 Å². The molecule has 0 radical (unpaired) electrons. The molecule has 3 N–H and O–H groups in total. The van der Waals surface area contributed by atoms with Gasteiger partial charge < -0.3 is 15.3 Å². The number of hydrogen-bond donors (Lipinski definition) is 3. The van der Waals surface area contributed by atoms with Crippen LogP contribution in [0.15, 0.2) is 18.2 Å². The van der Waals surface area contributed by atoms with Gasteiger partial charge in [-0.15, -0.1) is 0 Å². The van der Waals surface area contributed by atoms with Crippen molar-refractivity contribution in [3.8, 4) is 5.75 Å². The zero-order valence-corrected chi connectivity index (χ0v) is 9.48. The topological polar surface area (TPSA) is 60.7 Å². The summed E-state index contributed by atoms with van der Waals surface area (Å²) >= 11 is 3.10. The molecule has 5 heteroatoms. The summed E-state index contributed by atoms with van der Waals surface area (Å²) in [5.41, 5.74) is -0.258. The van der Waals surface area contributed by atoms with E-state index in [0.717, 1.165) is 6.07 Å². The molecular weight excluding hydrogens is 267 g/mol. The molecule has 0 aliphatic rings. The van der Waals surface area contributed by atoms with Gasteiger partial charge in [-0.3, -0.25) is 0 Å². The fraction of sp³-hybridized carbons (Fsp3) is 0.400. The van der Waals surface area contributed by atoms with Gasteiger partial charge in [0.25, 0.3) is 0 Å². The Kier molecular flexibility index (Phi) is 4.50.